The molecule has 192 valence electrons. The summed E-state index contributed by atoms with van der Waals surface area (Å²) in [6.45, 7) is 1.92. The maximum atomic E-state index is 13.0. The van der Waals surface area contributed by atoms with Crippen LogP contribution in [0.25, 0.3) is 16.9 Å². The Morgan fingerprint density at radius 3 is 2.47 bits per heavy atom. The average molecular weight is 509 g/mol. The van der Waals surface area contributed by atoms with E-state index in [1.54, 1.807) is 26.5 Å². The minimum atomic E-state index is -0.215. The van der Waals surface area contributed by atoms with E-state index in [1.165, 1.54) is 0 Å². The van der Waals surface area contributed by atoms with Crippen molar-refractivity contribution < 1.29 is 14.3 Å². The molecule has 0 saturated carbocycles. The van der Waals surface area contributed by atoms with E-state index in [0.29, 0.717) is 39.9 Å². The normalized spacial score (nSPS) is 11.7. The number of hydrogen-bond donors (Lipinski definition) is 3. The number of nitrogens with zero attached hydrogens (tertiary/aromatic N) is 3. The number of amides is 1. The summed E-state index contributed by atoms with van der Waals surface area (Å²) >= 11 is 0. The van der Waals surface area contributed by atoms with Crippen molar-refractivity contribution in [1.82, 2.24) is 14.4 Å². The first-order valence-electron chi connectivity index (χ1n) is 12.1. The van der Waals surface area contributed by atoms with Crippen molar-refractivity contribution in [3.05, 3.63) is 96.4 Å². The molecule has 2 aromatic heterocycles. The summed E-state index contributed by atoms with van der Waals surface area (Å²) in [5, 5.41) is 6.28. The number of benzene rings is 3. The molecule has 0 aliphatic heterocycles. The number of carbonyl (C=O) groups is 1. The highest BCUT2D eigenvalue weighted by Gasteiger charge is 2.14. The fourth-order valence-corrected chi connectivity index (χ4v) is 4.10. The van der Waals surface area contributed by atoms with Crippen LogP contribution in [-0.2, 0) is 0 Å². The zero-order valence-electron chi connectivity index (χ0n) is 21.3. The lowest BCUT2D eigenvalue weighted by atomic mass is 10.1. The van der Waals surface area contributed by atoms with Gasteiger partial charge in [0.25, 0.3) is 5.91 Å². The van der Waals surface area contributed by atoms with Crippen LogP contribution in [0.15, 0.2) is 85.3 Å². The molecule has 0 bridgehead atoms. The zero-order valence-corrected chi connectivity index (χ0v) is 21.3. The SMILES string of the molecule is COc1ccc(Nc2nc(-c3cccc(C(=O)Nc4ccc([C@H](C)N)cc4)c3)cn3ccnc23)cc1OC. The number of methoxy groups -OCH3 is 2. The molecule has 2 heterocycles. The average Bonchev–Trinajstić information content (AvgIpc) is 3.42. The van der Waals surface area contributed by atoms with Crippen LogP contribution in [0.4, 0.5) is 17.2 Å². The third kappa shape index (κ3) is 5.14. The number of nitrogens with two attached hydrogens (primary N) is 1. The molecular weight excluding hydrogens is 480 g/mol. The van der Waals surface area contributed by atoms with Crippen LogP contribution >= 0.6 is 0 Å². The summed E-state index contributed by atoms with van der Waals surface area (Å²) in [5.41, 5.74) is 11.0. The van der Waals surface area contributed by atoms with E-state index in [9.17, 15) is 4.79 Å². The lowest BCUT2D eigenvalue weighted by Gasteiger charge is -2.13. The summed E-state index contributed by atoms with van der Waals surface area (Å²) in [5.74, 6) is 1.57. The molecule has 3 aromatic carbocycles. The minimum Gasteiger partial charge on any atom is -0.493 e. The molecule has 4 N–H and O–H groups in total. The van der Waals surface area contributed by atoms with Crippen molar-refractivity contribution in [1.29, 1.82) is 0 Å². The molecule has 0 fully saturated rings. The summed E-state index contributed by atoms with van der Waals surface area (Å²) in [4.78, 5) is 22.3. The molecule has 0 saturated heterocycles. The van der Waals surface area contributed by atoms with E-state index < -0.39 is 0 Å². The van der Waals surface area contributed by atoms with Crippen LogP contribution in [0.1, 0.15) is 28.9 Å². The highest BCUT2D eigenvalue weighted by atomic mass is 16.5. The van der Waals surface area contributed by atoms with Gasteiger partial charge in [-0.25, -0.2) is 9.97 Å². The number of ether oxygens (including phenoxy) is 2. The standard InChI is InChI=1S/C29H28N6O3/c1-18(30)19-7-9-22(10-8-19)33-29(36)21-6-4-5-20(15-21)24-17-35-14-13-31-28(35)27(34-24)32-23-11-12-25(37-2)26(16-23)38-3/h4-18H,30H2,1-3H3,(H,32,34)(H,33,36)/t18-/m0/s1. The number of rotatable bonds is 8. The largest absolute Gasteiger partial charge is 0.493 e. The molecule has 9 heteroatoms. The number of anilines is 3. The van der Waals surface area contributed by atoms with E-state index in [0.717, 1.165) is 16.8 Å². The van der Waals surface area contributed by atoms with Gasteiger partial charge >= 0.3 is 0 Å². The molecule has 9 nitrogen and oxygen atoms in total. The molecule has 5 aromatic rings. The quantitative estimate of drug-likeness (QED) is 0.256. The smallest absolute Gasteiger partial charge is 0.255 e. The van der Waals surface area contributed by atoms with Crippen LogP contribution in [0.5, 0.6) is 11.5 Å². The van der Waals surface area contributed by atoms with Gasteiger partial charge in [-0.05, 0) is 48.9 Å². The third-order valence-electron chi connectivity index (χ3n) is 6.14. The van der Waals surface area contributed by atoms with Crippen LogP contribution < -0.4 is 25.8 Å². The Morgan fingerprint density at radius 2 is 1.74 bits per heavy atom. The van der Waals surface area contributed by atoms with E-state index in [1.807, 2.05) is 84.4 Å². The van der Waals surface area contributed by atoms with Crippen molar-refractivity contribution in [2.24, 2.45) is 5.73 Å². The summed E-state index contributed by atoms with van der Waals surface area (Å²) in [7, 11) is 3.18. The van der Waals surface area contributed by atoms with Crippen LogP contribution in [0.3, 0.4) is 0 Å². The zero-order chi connectivity index (χ0) is 26.6. The second-order valence-electron chi connectivity index (χ2n) is 8.77. The summed E-state index contributed by atoms with van der Waals surface area (Å²) in [6, 6.07) is 20.3. The topological polar surface area (TPSA) is 116 Å². The second-order valence-corrected chi connectivity index (χ2v) is 8.77. The van der Waals surface area contributed by atoms with Crippen LogP contribution in [0.2, 0.25) is 0 Å². The molecule has 38 heavy (non-hydrogen) atoms. The Kier molecular flexibility index (Phi) is 6.92. The number of carbonyl (C=O) groups excluding carboxylic acids is 1. The number of aromatic nitrogens is 3. The fourth-order valence-electron chi connectivity index (χ4n) is 4.10. The van der Waals surface area contributed by atoms with E-state index in [2.05, 4.69) is 15.6 Å². The molecule has 1 atom stereocenters. The molecular formula is C29H28N6O3. The van der Waals surface area contributed by atoms with E-state index in [-0.39, 0.29) is 11.9 Å². The van der Waals surface area contributed by atoms with Crippen LogP contribution in [-0.4, -0.2) is 34.5 Å². The number of hydrogen-bond acceptors (Lipinski definition) is 7. The van der Waals surface area contributed by atoms with Gasteiger partial charge in [-0.3, -0.25) is 4.79 Å². The first-order chi connectivity index (χ1) is 18.4. The van der Waals surface area contributed by atoms with Gasteiger partial charge in [0.2, 0.25) is 0 Å². The van der Waals surface area contributed by atoms with Crippen LogP contribution in [0, 0.1) is 0 Å². The van der Waals surface area contributed by atoms with Gasteiger partial charge < -0.3 is 30.2 Å². The molecule has 1 amide bonds. The second kappa shape index (κ2) is 10.6. The van der Waals surface area contributed by atoms with Crippen molar-refractivity contribution in [2.75, 3.05) is 24.9 Å². The van der Waals surface area contributed by atoms with Crippen molar-refractivity contribution in [2.45, 2.75) is 13.0 Å². The molecule has 0 unspecified atom stereocenters. The van der Waals surface area contributed by atoms with Gasteiger partial charge in [-0.2, -0.15) is 0 Å². The first kappa shape index (κ1) is 24.8. The first-order valence-corrected chi connectivity index (χ1v) is 12.1. The van der Waals surface area contributed by atoms with Gasteiger partial charge in [-0.15, -0.1) is 0 Å². The Bertz CT molecular complexity index is 1590. The molecule has 0 aliphatic carbocycles. The molecule has 0 aliphatic rings. The van der Waals surface area contributed by atoms with E-state index >= 15 is 0 Å². The monoisotopic (exact) mass is 508 g/mol. The minimum absolute atomic E-state index is 0.0668. The molecule has 0 spiro atoms. The van der Waals surface area contributed by atoms with Crippen molar-refractivity contribution in [3.63, 3.8) is 0 Å². The van der Waals surface area contributed by atoms with Gasteiger partial charge in [0.15, 0.2) is 23.0 Å². The van der Waals surface area contributed by atoms with Gasteiger partial charge in [-0.1, -0.05) is 24.3 Å². The number of nitrogens with one attached hydrogen (secondary N) is 2. The Morgan fingerprint density at radius 1 is 0.974 bits per heavy atom. The molecule has 5 rings (SSSR count). The Labute approximate surface area is 220 Å². The van der Waals surface area contributed by atoms with Gasteiger partial charge in [0, 0.05) is 53.2 Å². The predicted molar refractivity (Wildman–Crippen MR) is 148 cm³/mol. The van der Waals surface area contributed by atoms with Gasteiger partial charge in [0.1, 0.15) is 0 Å². The fraction of sp³-hybridized carbons (Fsp3) is 0.138. The summed E-state index contributed by atoms with van der Waals surface area (Å²) in [6.07, 6.45) is 5.44. The lowest BCUT2D eigenvalue weighted by Crippen LogP contribution is -2.12. The highest BCUT2D eigenvalue weighted by Crippen LogP contribution is 2.32. The maximum Gasteiger partial charge on any atom is 0.255 e. The Balaban J connectivity index is 1.43. The molecule has 0 radical (unpaired) electrons. The third-order valence-corrected chi connectivity index (χ3v) is 6.14. The predicted octanol–water partition coefficient (Wildman–Crippen LogP) is 5.43. The van der Waals surface area contributed by atoms with Crippen molar-refractivity contribution >= 4 is 28.7 Å². The van der Waals surface area contributed by atoms with Gasteiger partial charge in [0.05, 0.1) is 19.9 Å². The summed E-state index contributed by atoms with van der Waals surface area (Å²) < 4.78 is 12.6. The van der Waals surface area contributed by atoms with E-state index in [4.69, 9.17) is 20.2 Å². The Hall–Kier alpha value is -4.89. The van der Waals surface area contributed by atoms with Crippen molar-refractivity contribution in [3.8, 4) is 22.8 Å². The highest BCUT2D eigenvalue weighted by molar-refractivity contribution is 6.05. The number of fused-ring (bicyclic) bond motifs is 1. The maximum absolute atomic E-state index is 13.0. The lowest BCUT2D eigenvalue weighted by molar-refractivity contribution is 0.102. The number of imidazole rings is 1.